The second-order valence-corrected chi connectivity index (χ2v) is 8.63. The molecule has 21 heavy (non-hydrogen) atoms. The predicted octanol–water partition coefficient (Wildman–Crippen LogP) is 1.82. The molecule has 0 aromatic rings. The molecule has 2 fully saturated rings. The Bertz CT molecular complexity index is 425. The van der Waals surface area contributed by atoms with Gasteiger partial charge in [-0.1, -0.05) is 33.6 Å². The zero-order valence-electron chi connectivity index (χ0n) is 13.7. The summed E-state index contributed by atoms with van der Waals surface area (Å²) in [5.41, 5.74) is 0. The Morgan fingerprint density at radius 2 is 1.95 bits per heavy atom. The molecule has 0 aromatic heterocycles. The molecular weight excluding hydrogens is 286 g/mol. The molecule has 0 amide bonds. The van der Waals surface area contributed by atoms with Crippen molar-refractivity contribution >= 4 is 10.2 Å². The molecule has 5 nitrogen and oxygen atoms in total. The number of piperidine rings is 1. The van der Waals surface area contributed by atoms with Crippen LogP contribution >= 0.6 is 0 Å². The lowest BCUT2D eigenvalue weighted by Crippen LogP contribution is -2.53. The third-order valence-electron chi connectivity index (χ3n) is 4.78. The van der Waals surface area contributed by atoms with E-state index in [4.69, 9.17) is 0 Å². The van der Waals surface area contributed by atoms with Crippen LogP contribution in [0.15, 0.2) is 0 Å². The van der Waals surface area contributed by atoms with E-state index in [2.05, 4.69) is 26.1 Å². The molecule has 2 aliphatic heterocycles. The summed E-state index contributed by atoms with van der Waals surface area (Å²) in [5.74, 6) is 0.539. The summed E-state index contributed by atoms with van der Waals surface area (Å²) in [7, 11) is -3.28. The van der Waals surface area contributed by atoms with E-state index >= 15 is 0 Å². The van der Waals surface area contributed by atoms with Gasteiger partial charge in [0.2, 0.25) is 0 Å². The summed E-state index contributed by atoms with van der Waals surface area (Å²) in [4.78, 5) is 0. The van der Waals surface area contributed by atoms with Crippen LogP contribution in [0.3, 0.4) is 0 Å². The van der Waals surface area contributed by atoms with Gasteiger partial charge in [-0.3, -0.25) is 0 Å². The predicted molar refractivity (Wildman–Crippen MR) is 86.4 cm³/mol. The van der Waals surface area contributed by atoms with Crippen molar-refractivity contribution in [1.29, 1.82) is 0 Å². The number of rotatable bonds is 6. The van der Waals surface area contributed by atoms with E-state index < -0.39 is 10.2 Å². The van der Waals surface area contributed by atoms with Crippen molar-refractivity contribution in [2.45, 2.75) is 65.0 Å². The van der Waals surface area contributed by atoms with Gasteiger partial charge in [0.05, 0.1) is 0 Å². The molecule has 1 N–H and O–H groups in total. The number of hydrogen-bond donors (Lipinski definition) is 1. The van der Waals surface area contributed by atoms with Gasteiger partial charge in [-0.2, -0.15) is 17.0 Å². The molecule has 0 aromatic carbocycles. The second kappa shape index (κ2) is 7.40. The number of nitrogens with one attached hydrogen (secondary N) is 1. The maximum atomic E-state index is 12.9. The van der Waals surface area contributed by atoms with Crippen LogP contribution in [0.25, 0.3) is 0 Å². The Kier molecular flexibility index (Phi) is 6.05. The molecule has 2 atom stereocenters. The SMILES string of the molecule is CCC1CCN(S(=O)(=O)N2CCCCC2CNC(C)C)C1. The highest BCUT2D eigenvalue weighted by atomic mass is 32.2. The summed E-state index contributed by atoms with van der Waals surface area (Å²) in [6.45, 7) is 9.21. The van der Waals surface area contributed by atoms with E-state index in [-0.39, 0.29) is 6.04 Å². The second-order valence-electron chi connectivity index (χ2n) is 6.75. The molecule has 0 bridgehead atoms. The van der Waals surface area contributed by atoms with Gasteiger partial charge in [0.1, 0.15) is 0 Å². The van der Waals surface area contributed by atoms with Crippen molar-refractivity contribution in [1.82, 2.24) is 13.9 Å². The summed E-state index contributed by atoms with van der Waals surface area (Å²) in [6, 6.07) is 0.513. The van der Waals surface area contributed by atoms with E-state index in [1.165, 1.54) is 0 Å². The molecular formula is C15H31N3O2S. The lowest BCUT2D eigenvalue weighted by Gasteiger charge is -2.37. The topological polar surface area (TPSA) is 52.7 Å². The highest BCUT2D eigenvalue weighted by Gasteiger charge is 2.39. The molecule has 2 aliphatic rings. The normalized spacial score (nSPS) is 29.3. The molecule has 0 radical (unpaired) electrons. The Labute approximate surface area is 130 Å². The van der Waals surface area contributed by atoms with Crippen molar-refractivity contribution in [2.75, 3.05) is 26.2 Å². The van der Waals surface area contributed by atoms with Crippen LogP contribution in [-0.4, -0.2) is 55.3 Å². The molecule has 2 saturated heterocycles. The van der Waals surface area contributed by atoms with Gasteiger partial charge in [0.25, 0.3) is 10.2 Å². The van der Waals surface area contributed by atoms with E-state index in [0.717, 1.165) is 38.6 Å². The minimum Gasteiger partial charge on any atom is -0.313 e. The first-order valence-electron chi connectivity index (χ1n) is 8.45. The molecule has 2 unspecified atom stereocenters. The Morgan fingerprint density at radius 3 is 2.57 bits per heavy atom. The van der Waals surface area contributed by atoms with Gasteiger partial charge in [-0.05, 0) is 25.2 Å². The van der Waals surface area contributed by atoms with Gasteiger partial charge >= 0.3 is 0 Å². The van der Waals surface area contributed by atoms with Crippen molar-refractivity contribution in [3.8, 4) is 0 Å². The molecule has 0 aliphatic carbocycles. The van der Waals surface area contributed by atoms with Gasteiger partial charge in [0, 0.05) is 38.3 Å². The van der Waals surface area contributed by atoms with Gasteiger partial charge in [-0.25, -0.2) is 0 Å². The lowest BCUT2D eigenvalue weighted by atomic mass is 10.0. The lowest BCUT2D eigenvalue weighted by molar-refractivity contribution is 0.226. The number of hydrogen-bond acceptors (Lipinski definition) is 3. The van der Waals surface area contributed by atoms with Gasteiger partial charge < -0.3 is 5.32 Å². The van der Waals surface area contributed by atoms with Crippen molar-refractivity contribution in [2.24, 2.45) is 5.92 Å². The summed E-state index contributed by atoms with van der Waals surface area (Å²) in [6.07, 6.45) is 5.18. The van der Waals surface area contributed by atoms with Crippen molar-refractivity contribution < 1.29 is 8.42 Å². The first-order chi connectivity index (χ1) is 9.95. The van der Waals surface area contributed by atoms with Crippen LogP contribution in [0, 0.1) is 5.92 Å². The first-order valence-corrected chi connectivity index (χ1v) is 9.85. The summed E-state index contributed by atoms with van der Waals surface area (Å²) in [5, 5.41) is 3.40. The molecule has 6 heteroatoms. The molecule has 2 heterocycles. The van der Waals surface area contributed by atoms with Crippen LogP contribution in [0.4, 0.5) is 0 Å². The van der Waals surface area contributed by atoms with Crippen LogP contribution < -0.4 is 5.32 Å². The quantitative estimate of drug-likeness (QED) is 0.813. The van der Waals surface area contributed by atoms with Crippen molar-refractivity contribution in [3.05, 3.63) is 0 Å². The third kappa shape index (κ3) is 4.18. The largest absolute Gasteiger partial charge is 0.313 e. The van der Waals surface area contributed by atoms with E-state index in [1.54, 1.807) is 8.61 Å². The maximum absolute atomic E-state index is 12.9. The summed E-state index contributed by atoms with van der Waals surface area (Å²) < 4.78 is 29.3. The zero-order chi connectivity index (χ0) is 15.5. The van der Waals surface area contributed by atoms with Gasteiger partial charge in [-0.15, -0.1) is 0 Å². The Hall–Kier alpha value is -0.170. The Balaban J connectivity index is 2.05. The highest BCUT2D eigenvalue weighted by Crippen LogP contribution is 2.27. The summed E-state index contributed by atoms with van der Waals surface area (Å²) >= 11 is 0. The molecule has 124 valence electrons. The minimum absolute atomic E-state index is 0.117. The fraction of sp³-hybridized carbons (Fsp3) is 1.00. The van der Waals surface area contributed by atoms with Crippen LogP contribution in [-0.2, 0) is 10.2 Å². The van der Waals surface area contributed by atoms with Crippen LogP contribution in [0.2, 0.25) is 0 Å². The van der Waals surface area contributed by atoms with E-state index in [9.17, 15) is 8.42 Å². The number of nitrogens with zero attached hydrogens (tertiary/aromatic N) is 2. The van der Waals surface area contributed by atoms with E-state index in [1.807, 2.05) is 0 Å². The fourth-order valence-electron chi connectivity index (χ4n) is 3.34. The van der Waals surface area contributed by atoms with E-state index in [0.29, 0.717) is 31.6 Å². The van der Waals surface area contributed by atoms with Gasteiger partial charge in [0.15, 0.2) is 0 Å². The average Bonchev–Trinajstić information content (AvgIpc) is 2.95. The van der Waals surface area contributed by atoms with Crippen molar-refractivity contribution in [3.63, 3.8) is 0 Å². The van der Waals surface area contributed by atoms with Crippen LogP contribution in [0.5, 0.6) is 0 Å². The smallest absolute Gasteiger partial charge is 0.282 e. The molecule has 0 saturated carbocycles. The average molecular weight is 317 g/mol. The maximum Gasteiger partial charge on any atom is 0.282 e. The minimum atomic E-state index is -3.28. The first kappa shape index (κ1) is 17.2. The Morgan fingerprint density at radius 1 is 1.19 bits per heavy atom. The third-order valence-corrected chi connectivity index (χ3v) is 6.84. The fourth-order valence-corrected chi connectivity index (χ4v) is 5.29. The molecule has 0 spiro atoms. The highest BCUT2D eigenvalue weighted by molar-refractivity contribution is 7.86. The molecule has 2 rings (SSSR count). The van der Waals surface area contributed by atoms with Crippen LogP contribution in [0.1, 0.15) is 52.9 Å². The zero-order valence-corrected chi connectivity index (χ0v) is 14.5. The monoisotopic (exact) mass is 317 g/mol. The standard InChI is InChI=1S/C15H31N3O2S/c1-4-14-8-10-17(12-14)21(19,20)18-9-6-5-7-15(18)11-16-13(2)3/h13-16H,4-12H2,1-3H3.